The van der Waals surface area contributed by atoms with Crippen LogP contribution in [0.4, 0.5) is 0 Å². The first-order valence-electron chi connectivity index (χ1n) is 13.4. The molecule has 200 valence electrons. The van der Waals surface area contributed by atoms with Gasteiger partial charge in [-0.05, 0) is 56.2 Å². The Balaban J connectivity index is 1.53. The van der Waals surface area contributed by atoms with E-state index in [2.05, 4.69) is 16.7 Å². The van der Waals surface area contributed by atoms with E-state index in [9.17, 15) is 0 Å². The molecule has 2 aliphatic carbocycles. The number of benzene rings is 1. The van der Waals surface area contributed by atoms with Gasteiger partial charge in [0.15, 0.2) is 17.3 Å². The molecule has 0 spiro atoms. The van der Waals surface area contributed by atoms with Crippen LogP contribution in [-0.2, 0) is 0 Å². The molecule has 1 aromatic heterocycles. The lowest BCUT2D eigenvalue weighted by molar-refractivity contribution is 0.191. The van der Waals surface area contributed by atoms with Crippen LogP contribution in [0.5, 0.6) is 11.5 Å². The second-order valence-electron chi connectivity index (χ2n) is 10.2. The molecule has 0 radical (unpaired) electrons. The molecule has 1 unspecified atom stereocenters. The van der Waals surface area contributed by atoms with E-state index >= 15 is 0 Å². The van der Waals surface area contributed by atoms with Crippen LogP contribution >= 0.6 is 11.8 Å². The molecule has 9 nitrogen and oxygen atoms in total. The molecule has 0 amide bonds. The SMILES string of the molecule is COc1ccc(-c2cc(SC)n(C3=NC(N)(C4CCCCC4)NC(=NC4CCCCC4)N3)n2)cc1OC. The molecule has 2 heterocycles. The van der Waals surface area contributed by atoms with Crippen molar-refractivity contribution in [2.75, 3.05) is 20.5 Å². The molecule has 1 atom stereocenters. The van der Waals surface area contributed by atoms with Crippen molar-refractivity contribution in [3.63, 3.8) is 0 Å². The van der Waals surface area contributed by atoms with Crippen LogP contribution in [0.2, 0.25) is 0 Å². The van der Waals surface area contributed by atoms with Crippen LogP contribution in [0, 0.1) is 5.92 Å². The second kappa shape index (κ2) is 11.3. The fourth-order valence-electron chi connectivity index (χ4n) is 5.65. The zero-order valence-corrected chi connectivity index (χ0v) is 22.9. The van der Waals surface area contributed by atoms with Crippen LogP contribution in [0.25, 0.3) is 11.3 Å². The third-order valence-electron chi connectivity index (χ3n) is 7.72. The van der Waals surface area contributed by atoms with Gasteiger partial charge in [-0.1, -0.05) is 38.5 Å². The van der Waals surface area contributed by atoms with Crippen molar-refractivity contribution in [1.82, 2.24) is 20.4 Å². The molecule has 3 aliphatic rings. The normalized spacial score (nSPS) is 24.3. The predicted octanol–water partition coefficient (Wildman–Crippen LogP) is 4.57. The Morgan fingerprint density at radius 3 is 2.38 bits per heavy atom. The van der Waals surface area contributed by atoms with E-state index in [1.165, 1.54) is 38.5 Å². The van der Waals surface area contributed by atoms with Crippen LogP contribution in [-0.4, -0.2) is 54.0 Å². The van der Waals surface area contributed by atoms with Gasteiger partial charge in [0.1, 0.15) is 5.03 Å². The molecular formula is C27H39N7O2S. The Kier molecular flexibility index (Phi) is 7.95. The molecule has 37 heavy (non-hydrogen) atoms. The average Bonchev–Trinajstić information content (AvgIpc) is 3.38. The van der Waals surface area contributed by atoms with Gasteiger partial charge in [-0.15, -0.1) is 11.8 Å². The van der Waals surface area contributed by atoms with Crippen molar-refractivity contribution in [1.29, 1.82) is 0 Å². The summed E-state index contributed by atoms with van der Waals surface area (Å²) in [5, 5.41) is 12.9. The van der Waals surface area contributed by atoms with Crippen molar-refractivity contribution in [3.05, 3.63) is 24.3 Å². The fourth-order valence-corrected chi connectivity index (χ4v) is 6.18. The summed E-state index contributed by atoms with van der Waals surface area (Å²) >= 11 is 1.62. The third kappa shape index (κ3) is 5.60. The van der Waals surface area contributed by atoms with Crippen LogP contribution in [0.15, 0.2) is 39.3 Å². The molecule has 1 aromatic carbocycles. The minimum atomic E-state index is -0.917. The Morgan fingerprint density at radius 1 is 1.00 bits per heavy atom. The van der Waals surface area contributed by atoms with Gasteiger partial charge in [0.25, 0.3) is 0 Å². The maximum atomic E-state index is 7.04. The summed E-state index contributed by atoms with van der Waals surface area (Å²) in [5.74, 6) is 1.99. The summed E-state index contributed by atoms with van der Waals surface area (Å²) in [7, 11) is 3.28. The topological polar surface area (TPSA) is 111 Å². The first-order chi connectivity index (χ1) is 18.0. The van der Waals surface area contributed by atoms with Gasteiger partial charge in [-0.25, -0.2) is 9.98 Å². The van der Waals surface area contributed by atoms with Crippen molar-refractivity contribution in [2.24, 2.45) is 21.6 Å². The van der Waals surface area contributed by atoms with Gasteiger partial charge in [0.05, 0.1) is 26.0 Å². The lowest BCUT2D eigenvalue weighted by Crippen LogP contribution is -2.68. The molecule has 2 saturated carbocycles. The van der Waals surface area contributed by atoms with Gasteiger partial charge in [-0.3, -0.25) is 11.1 Å². The number of nitrogens with zero attached hydrogens (tertiary/aromatic N) is 4. The van der Waals surface area contributed by atoms with E-state index in [-0.39, 0.29) is 5.92 Å². The van der Waals surface area contributed by atoms with Crippen molar-refractivity contribution in [2.45, 2.75) is 81.1 Å². The maximum absolute atomic E-state index is 7.04. The third-order valence-corrected chi connectivity index (χ3v) is 8.43. The summed E-state index contributed by atoms with van der Waals surface area (Å²) < 4.78 is 12.8. The van der Waals surface area contributed by atoms with Gasteiger partial charge >= 0.3 is 0 Å². The minimum absolute atomic E-state index is 0.244. The maximum Gasteiger partial charge on any atom is 0.230 e. The van der Waals surface area contributed by atoms with E-state index in [1.807, 2.05) is 29.1 Å². The molecule has 2 aromatic rings. The molecule has 1 aliphatic heterocycles. The van der Waals surface area contributed by atoms with E-state index in [0.29, 0.717) is 29.5 Å². The summed E-state index contributed by atoms with van der Waals surface area (Å²) in [4.78, 5) is 10.1. The number of guanidine groups is 1. The van der Waals surface area contributed by atoms with Gasteiger partial charge < -0.3 is 14.8 Å². The van der Waals surface area contributed by atoms with Gasteiger partial charge in [0.2, 0.25) is 11.9 Å². The van der Waals surface area contributed by atoms with Crippen LogP contribution < -0.4 is 25.8 Å². The largest absolute Gasteiger partial charge is 0.493 e. The highest BCUT2D eigenvalue weighted by Gasteiger charge is 2.40. The quantitative estimate of drug-likeness (QED) is 0.474. The highest BCUT2D eigenvalue weighted by atomic mass is 32.2. The molecule has 2 fully saturated rings. The number of hydrogen-bond acceptors (Lipinski definition) is 7. The second-order valence-corrected chi connectivity index (χ2v) is 11.0. The number of aromatic nitrogens is 2. The smallest absolute Gasteiger partial charge is 0.230 e. The monoisotopic (exact) mass is 525 g/mol. The molecule has 4 N–H and O–H groups in total. The van der Waals surface area contributed by atoms with E-state index in [0.717, 1.165) is 42.0 Å². The number of thioether (sulfide) groups is 1. The average molecular weight is 526 g/mol. The van der Waals surface area contributed by atoms with Gasteiger partial charge in [-0.2, -0.15) is 9.78 Å². The van der Waals surface area contributed by atoms with Crippen molar-refractivity contribution < 1.29 is 9.47 Å². The number of aliphatic imine (C=N–C) groups is 2. The summed E-state index contributed by atoms with van der Waals surface area (Å²) in [6, 6.07) is 8.20. The van der Waals surface area contributed by atoms with E-state index in [1.54, 1.807) is 26.0 Å². The summed E-state index contributed by atoms with van der Waals surface area (Å²) in [5.41, 5.74) is 8.79. The first-order valence-corrected chi connectivity index (χ1v) is 14.6. The van der Waals surface area contributed by atoms with E-state index in [4.69, 9.17) is 30.3 Å². The summed E-state index contributed by atoms with van der Waals surface area (Å²) in [6.45, 7) is 0. The number of ether oxygens (including phenoxy) is 2. The van der Waals surface area contributed by atoms with Crippen LogP contribution in [0.3, 0.4) is 0 Å². The fraction of sp³-hybridized carbons (Fsp3) is 0.593. The van der Waals surface area contributed by atoms with Gasteiger partial charge in [0, 0.05) is 11.5 Å². The Hall–Kier alpha value is -2.72. The molecule has 10 heteroatoms. The van der Waals surface area contributed by atoms with Crippen molar-refractivity contribution >= 4 is 23.7 Å². The number of hydrogen-bond donors (Lipinski definition) is 3. The molecule has 5 rings (SSSR count). The zero-order valence-electron chi connectivity index (χ0n) is 22.1. The van der Waals surface area contributed by atoms with Crippen LogP contribution in [0.1, 0.15) is 64.2 Å². The number of nitrogens with two attached hydrogens (primary N) is 1. The summed E-state index contributed by atoms with van der Waals surface area (Å²) in [6.07, 6.45) is 13.7. The lowest BCUT2D eigenvalue weighted by Gasteiger charge is -2.41. The first kappa shape index (κ1) is 25.9. The number of nitrogens with one attached hydrogen (secondary N) is 2. The zero-order chi connectivity index (χ0) is 25.8. The highest BCUT2D eigenvalue weighted by Crippen LogP contribution is 2.35. The molecule has 0 saturated heterocycles. The number of rotatable bonds is 6. The standard InChI is InChI=1S/C27H39N7O2S/c1-35-22-15-14-18(16-23(22)36-2)21-17-24(37-3)34(33-21)26-30-25(29-20-12-8-5-9-13-20)31-27(28,32-26)19-10-6-4-7-11-19/h14-17,19-20H,4-13,28H2,1-3H3,(H2,29,30,31,32). The Morgan fingerprint density at radius 2 is 1.70 bits per heavy atom. The number of methoxy groups -OCH3 is 2. The Bertz CT molecular complexity index is 1150. The Labute approximate surface area is 223 Å². The van der Waals surface area contributed by atoms with Crippen molar-refractivity contribution in [3.8, 4) is 22.8 Å². The minimum Gasteiger partial charge on any atom is -0.493 e. The lowest BCUT2D eigenvalue weighted by atomic mass is 9.84. The molecular weight excluding hydrogens is 486 g/mol. The highest BCUT2D eigenvalue weighted by molar-refractivity contribution is 7.98. The predicted molar refractivity (Wildman–Crippen MR) is 149 cm³/mol. The van der Waals surface area contributed by atoms with E-state index < -0.39 is 5.79 Å². The molecule has 0 bridgehead atoms.